The van der Waals surface area contributed by atoms with Gasteiger partial charge in [0.1, 0.15) is 5.82 Å². The molecule has 37 heavy (non-hydrogen) atoms. The number of halogens is 2. The quantitative estimate of drug-likeness (QED) is 0.474. The van der Waals surface area contributed by atoms with Gasteiger partial charge in [0.25, 0.3) is 5.91 Å². The van der Waals surface area contributed by atoms with Crippen LogP contribution in [0, 0.1) is 12.7 Å². The van der Waals surface area contributed by atoms with E-state index in [4.69, 9.17) is 22.4 Å². The Morgan fingerprint density at radius 1 is 1.24 bits per heavy atom. The van der Waals surface area contributed by atoms with Crippen LogP contribution in [0.3, 0.4) is 0 Å². The third-order valence-corrected chi connectivity index (χ3v) is 7.70. The number of hydrogen-bond acceptors (Lipinski definition) is 8. The number of piperazine rings is 1. The molecule has 9 nitrogen and oxygen atoms in total. The number of nitrogens with two attached hydrogens (primary N) is 1. The molecule has 0 bridgehead atoms. The molecule has 0 spiro atoms. The van der Waals surface area contributed by atoms with Crippen molar-refractivity contribution in [3.63, 3.8) is 0 Å². The molecule has 1 aromatic heterocycles. The lowest BCUT2D eigenvalue weighted by molar-refractivity contribution is 0.0610. The highest BCUT2D eigenvalue weighted by molar-refractivity contribution is 6.32. The lowest BCUT2D eigenvalue weighted by atomic mass is 9.97. The molecule has 202 valence electrons. The Kier molecular flexibility index (Phi) is 9.17. The molecule has 3 heterocycles. The van der Waals surface area contributed by atoms with Gasteiger partial charge in [-0.05, 0) is 56.5 Å². The first-order valence-corrected chi connectivity index (χ1v) is 13.4. The van der Waals surface area contributed by atoms with Gasteiger partial charge < -0.3 is 21.1 Å². The zero-order valence-corrected chi connectivity index (χ0v) is 22.3. The normalized spacial score (nSPS) is 19.8. The van der Waals surface area contributed by atoms with Crippen molar-refractivity contribution in [1.29, 1.82) is 0 Å². The first-order chi connectivity index (χ1) is 17.8. The van der Waals surface area contributed by atoms with E-state index in [-0.39, 0.29) is 35.6 Å². The summed E-state index contributed by atoms with van der Waals surface area (Å²) in [6.45, 7) is 9.03. The van der Waals surface area contributed by atoms with Crippen molar-refractivity contribution in [1.82, 2.24) is 25.1 Å². The molecule has 1 aromatic carbocycles. The topological polar surface area (TPSA) is 111 Å². The Labute approximate surface area is 222 Å². The second-order valence-corrected chi connectivity index (χ2v) is 10.2. The van der Waals surface area contributed by atoms with Crippen LogP contribution in [0.2, 0.25) is 5.15 Å². The van der Waals surface area contributed by atoms with Crippen molar-refractivity contribution < 1.29 is 14.3 Å². The lowest BCUT2D eigenvalue weighted by Gasteiger charge is -2.47. The van der Waals surface area contributed by atoms with Gasteiger partial charge in [-0.25, -0.2) is 14.4 Å². The van der Waals surface area contributed by atoms with Crippen molar-refractivity contribution in [2.24, 2.45) is 0 Å². The Hall–Kier alpha value is -2.53. The number of aliphatic hydroxyl groups excluding tert-OH is 1. The summed E-state index contributed by atoms with van der Waals surface area (Å²) in [5, 5.41) is 11.6. The van der Waals surface area contributed by atoms with Crippen LogP contribution in [0.4, 0.5) is 16.0 Å². The summed E-state index contributed by atoms with van der Waals surface area (Å²) in [6, 6.07) is 6.37. The molecule has 11 heteroatoms. The van der Waals surface area contributed by atoms with Gasteiger partial charge in [-0.3, -0.25) is 14.6 Å². The summed E-state index contributed by atoms with van der Waals surface area (Å²) in [6.07, 6.45) is 3.15. The van der Waals surface area contributed by atoms with Gasteiger partial charge in [0.15, 0.2) is 22.5 Å². The number of aryl methyl sites for hydroxylation is 1. The number of carbonyl (C=O) groups is 1. The molecule has 2 fully saturated rings. The Bertz CT molecular complexity index is 1100. The molecular formula is C26H37ClFN7O2. The van der Waals surface area contributed by atoms with Crippen molar-refractivity contribution in [3.8, 4) is 0 Å². The van der Waals surface area contributed by atoms with Crippen LogP contribution < -0.4 is 16.0 Å². The SMILES string of the molecule is CC[C@H]1CN(c2nc(N)c(C(=O)NCCO)nc2Cl)CCN1C1CCN(Cc2ccc(C)c(F)c2)CC1. The Balaban J connectivity index is 1.35. The maximum Gasteiger partial charge on any atom is 0.273 e. The van der Waals surface area contributed by atoms with Gasteiger partial charge in [-0.2, -0.15) is 0 Å². The molecule has 2 aromatic rings. The van der Waals surface area contributed by atoms with E-state index in [1.54, 1.807) is 13.0 Å². The fraction of sp³-hybridized carbons (Fsp3) is 0.577. The van der Waals surface area contributed by atoms with Gasteiger partial charge in [0.2, 0.25) is 0 Å². The maximum absolute atomic E-state index is 13.9. The number of nitrogen functional groups attached to an aromatic ring is 1. The van der Waals surface area contributed by atoms with E-state index >= 15 is 0 Å². The molecule has 0 unspecified atom stereocenters. The van der Waals surface area contributed by atoms with Crippen LogP contribution in [0.5, 0.6) is 0 Å². The third kappa shape index (κ3) is 6.49. The molecule has 2 aliphatic rings. The fourth-order valence-electron chi connectivity index (χ4n) is 5.35. The van der Waals surface area contributed by atoms with E-state index < -0.39 is 5.91 Å². The number of hydrogen-bond donors (Lipinski definition) is 3. The number of aliphatic hydroxyl groups is 1. The maximum atomic E-state index is 13.9. The van der Waals surface area contributed by atoms with E-state index in [0.717, 1.165) is 64.1 Å². The van der Waals surface area contributed by atoms with Gasteiger partial charge in [0.05, 0.1) is 6.61 Å². The molecule has 4 rings (SSSR count). The van der Waals surface area contributed by atoms with E-state index in [1.165, 1.54) is 0 Å². The summed E-state index contributed by atoms with van der Waals surface area (Å²) in [5.41, 5.74) is 7.72. The van der Waals surface area contributed by atoms with Crippen molar-refractivity contribution in [2.75, 3.05) is 56.5 Å². The second-order valence-electron chi connectivity index (χ2n) is 9.89. The fourth-order valence-corrected chi connectivity index (χ4v) is 5.59. The third-order valence-electron chi connectivity index (χ3n) is 7.44. The summed E-state index contributed by atoms with van der Waals surface area (Å²) in [4.78, 5) is 28.0. The minimum atomic E-state index is -0.511. The summed E-state index contributed by atoms with van der Waals surface area (Å²) in [5.74, 6) is -0.132. The molecule has 1 amide bonds. The first kappa shape index (κ1) is 27.5. The van der Waals surface area contributed by atoms with Crippen molar-refractivity contribution >= 4 is 29.1 Å². The van der Waals surface area contributed by atoms with Crippen LogP contribution >= 0.6 is 11.6 Å². The molecule has 0 aliphatic carbocycles. The second kappa shape index (κ2) is 12.3. The van der Waals surface area contributed by atoms with Crippen LogP contribution in [0.25, 0.3) is 0 Å². The van der Waals surface area contributed by atoms with Crippen LogP contribution in [-0.4, -0.2) is 88.7 Å². The highest BCUT2D eigenvalue weighted by Crippen LogP contribution is 2.30. The summed E-state index contributed by atoms with van der Waals surface area (Å²) >= 11 is 6.45. The molecular weight excluding hydrogens is 497 g/mol. The minimum absolute atomic E-state index is 0.0196. The number of nitrogens with one attached hydrogen (secondary N) is 1. The zero-order chi connectivity index (χ0) is 26.5. The predicted octanol–water partition coefficient (Wildman–Crippen LogP) is 2.45. The summed E-state index contributed by atoms with van der Waals surface area (Å²) < 4.78 is 13.9. The van der Waals surface area contributed by atoms with E-state index in [2.05, 4.69) is 36.9 Å². The zero-order valence-electron chi connectivity index (χ0n) is 21.6. The van der Waals surface area contributed by atoms with Crippen molar-refractivity contribution in [3.05, 3.63) is 46.0 Å². The number of nitrogens with zero attached hydrogens (tertiary/aromatic N) is 5. The number of likely N-dealkylation sites (tertiary alicyclic amines) is 1. The number of piperidine rings is 1. The Morgan fingerprint density at radius 3 is 2.68 bits per heavy atom. The van der Waals surface area contributed by atoms with Crippen LogP contribution in [0.15, 0.2) is 18.2 Å². The number of aromatic nitrogens is 2. The number of anilines is 2. The molecule has 0 saturated carbocycles. The average molecular weight is 534 g/mol. The number of benzene rings is 1. The molecule has 0 radical (unpaired) electrons. The van der Waals surface area contributed by atoms with E-state index in [1.807, 2.05) is 12.1 Å². The molecule has 1 atom stereocenters. The van der Waals surface area contributed by atoms with E-state index in [0.29, 0.717) is 23.5 Å². The number of amides is 1. The molecule has 2 saturated heterocycles. The average Bonchev–Trinajstić information content (AvgIpc) is 2.90. The van der Waals surface area contributed by atoms with E-state index in [9.17, 15) is 9.18 Å². The van der Waals surface area contributed by atoms with Gasteiger partial charge >= 0.3 is 0 Å². The van der Waals surface area contributed by atoms with Gasteiger partial charge in [-0.15, -0.1) is 0 Å². The molecule has 2 aliphatic heterocycles. The summed E-state index contributed by atoms with van der Waals surface area (Å²) in [7, 11) is 0. The largest absolute Gasteiger partial charge is 0.395 e. The lowest BCUT2D eigenvalue weighted by Crippen LogP contribution is -2.58. The smallest absolute Gasteiger partial charge is 0.273 e. The standard InChI is InChI=1S/C26H37ClFN7O2/c1-3-19-16-34(25-23(27)31-22(24(29)32-25)26(37)30-8-13-36)11-12-35(19)20-6-9-33(10-7-20)15-18-5-4-17(2)21(28)14-18/h4-5,14,19-20,36H,3,6-13,15-16H2,1-2H3,(H2,29,32)(H,30,37)/t19-/m0/s1. The monoisotopic (exact) mass is 533 g/mol. The van der Waals surface area contributed by atoms with Gasteiger partial charge in [0, 0.05) is 44.8 Å². The van der Waals surface area contributed by atoms with Gasteiger partial charge in [-0.1, -0.05) is 30.7 Å². The highest BCUT2D eigenvalue weighted by atomic mass is 35.5. The van der Waals surface area contributed by atoms with Crippen LogP contribution in [0.1, 0.15) is 47.8 Å². The van der Waals surface area contributed by atoms with Crippen LogP contribution in [-0.2, 0) is 6.54 Å². The number of carbonyl (C=O) groups excluding carboxylic acids is 1. The molecule has 4 N–H and O–H groups in total. The Morgan fingerprint density at radius 2 is 2.00 bits per heavy atom. The predicted molar refractivity (Wildman–Crippen MR) is 143 cm³/mol. The van der Waals surface area contributed by atoms with Crippen molar-refractivity contribution in [2.45, 2.75) is 51.7 Å². The first-order valence-electron chi connectivity index (χ1n) is 13.0. The highest BCUT2D eigenvalue weighted by Gasteiger charge is 2.34. The number of rotatable bonds is 8. The minimum Gasteiger partial charge on any atom is -0.395 e.